The Balaban J connectivity index is 2.22. The lowest BCUT2D eigenvalue weighted by atomic mass is 10.1. The first-order chi connectivity index (χ1) is 10.1. The minimum atomic E-state index is -0.431. The van der Waals surface area contributed by atoms with Crippen LogP contribution < -0.4 is 11.1 Å². The third kappa shape index (κ3) is 3.91. The number of halogens is 1. The van der Waals surface area contributed by atoms with Gasteiger partial charge in [0.15, 0.2) is 0 Å². The Bertz CT molecular complexity index is 686. The first-order valence-electron chi connectivity index (χ1n) is 6.44. The Hall–Kier alpha value is -2.16. The summed E-state index contributed by atoms with van der Waals surface area (Å²) in [4.78, 5) is 13.4. The predicted molar refractivity (Wildman–Crippen MR) is 82.5 cm³/mol. The number of thiophene rings is 1. The van der Waals surface area contributed by atoms with E-state index in [2.05, 4.69) is 17.2 Å². The number of carbonyl (C=O) groups excluding carboxylic acids is 1. The molecule has 0 spiro atoms. The summed E-state index contributed by atoms with van der Waals surface area (Å²) in [6.45, 7) is 2.06. The third-order valence-corrected chi connectivity index (χ3v) is 3.92. The van der Waals surface area contributed by atoms with Gasteiger partial charge in [-0.15, -0.1) is 11.3 Å². The van der Waals surface area contributed by atoms with Crippen molar-refractivity contribution in [3.63, 3.8) is 0 Å². The van der Waals surface area contributed by atoms with Crippen LogP contribution in [0.15, 0.2) is 35.7 Å². The fourth-order valence-corrected chi connectivity index (χ4v) is 2.58. The van der Waals surface area contributed by atoms with Crippen molar-refractivity contribution in [3.05, 3.63) is 57.5 Å². The number of benzene rings is 1. The second-order valence-corrected chi connectivity index (χ2v) is 5.39. The van der Waals surface area contributed by atoms with Gasteiger partial charge in [0.25, 0.3) is 5.91 Å². The molecule has 0 aliphatic heterocycles. The Morgan fingerprint density at radius 1 is 1.48 bits per heavy atom. The summed E-state index contributed by atoms with van der Waals surface area (Å²) in [5.41, 5.74) is 6.01. The minimum Gasteiger partial charge on any atom is -0.345 e. The summed E-state index contributed by atoms with van der Waals surface area (Å²) in [6.07, 6.45) is 0. The van der Waals surface area contributed by atoms with Crippen LogP contribution in [0.1, 0.15) is 33.8 Å². The van der Waals surface area contributed by atoms with Crippen molar-refractivity contribution in [3.8, 4) is 11.8 Å². The number of hydrogen-bond acceptors (Lipinski definition) is 3. The van der Waals surface area contributed by atoms with E-state index in [4.69, 9.17) is 5.73 Å². The molecule has 0 saturated carbocycles. The SMILES string of the molecule is CC(NC(=O)c1ccc(F)cc1C#CCN)c1cccs1. The third-order valence-electron chi connectivity index (χ3n) is 2.87. The maximum absolute atomic E-state index is 13.3. The fraction of sp³-hybridized carbons (Fsp3) is 0.188. The highest BCUT2D eigenvalue weighted by Gasteiger charge is 2.15. The van der Waals surface area contributed by atoms with Crippen LogP contribution in [-0.2, 0) is 0 Å². The predicted octanol–water partition coefficient (Wildman–Crippen LogP) is 2.69. The molecule has 0 aliphatic carbocycles. The van der Waals surface area contributed by atoms with E-state index in [0.717, 1.165) is 4.88 Å². The lowest BCUT2D eigenvalue weighted by Gasteiger charge is -2.13. The quantitative estimate of drug-likeness (QED) is 0.857. The molecule has 2 rings (SSSR count). The maximum Gasteiger partial charge on any atom is 0.253 e. The van der Waals surface area contributed by atoms with Gasteiger partial charge < -0.3 is 11.1 Å². The molecule has 21 heavy (non-hydrogen) atoms. The van der Waals surface area contributed by atoms with Gasteiger partial charge in [0, 0.05) is 10.4 Å². The van der Waals surface area contributed by atoms with Crippen molar-refractivity contribution < 1.29 is 9.18 Å². The van der Waals surface area contributed by atoms with Crippen LogP contribution in [0, 0.1) is 17.7 Å². The van der Waals surface area contributed by atoms with Crippen LogP contribution in [0.3, 0.4) is 0 Å². The zero-order valence-electron chi connectivity index (χ0n) is 11.5. The standard InChI is InChI=1S/C16H15FN2OS/c1-11(15-5-3-9-21-15)19-16(20)14-7-6-13(17)10-12(14)4-2-8-18/h3,5-7,9-11H,8,18H2,1H3,(H,19,20). The average molecular weight is 302 g/mol. The number of carbonyl (C=O) groups is 1. The van der Waals surface area contributed by atoms with Crippen LogP contribution in [0.5, 0.6) is 0 Å². The molecule has 1 amide bonds. The first-order valence-corrected chi connectivity index (χ1v) is 7.32. The highest BCUT2D eigenvalue weighted by molar-refractivity contribution is 7.10. The van der Waals surface area contributed by atoms with Gasteiger partial charge >= 0.3 is 0 Å². The molecule has 1 aromatic carbocycles. The van der Waals surface area contributed by atoms with E-state index in [0.29, 0.717) is 11.1 Å². The average Bonchev–Trinajstić information content (AvgIpc) is 2.99. The molecule has 0 bridgehead atoms. The highest BCUT2D eigenvalue weighted by Crippen LogP contribution is 2.19. The molecule has 0 fully saturated rings. The molecule has 0 saturated heterocycles. The Morgan fingerprint density at radius 2 is 2.29 bits per heavy atom. The number of nitrogens with two attached hydrogens (primary N) is 1. The maximum atomic E-state index is 13.3. The van der Waals surface area contributed by atoms with Crippen LogP contribution in [0.4, 0.5) is 4.39 Å². The minimum absolute atomic E-state index is 0.113. The van der Waals surface area contributed by atoms with Gasteiger partial charge in [-0.25, -0.2) is 4.39 Å². The first kappa shape index (κ1) is 15.2. The lowest BCUT2D eigenvalue weighted by Crippen LogP contribution is -2.26. The molecule has 0 aliphatic rings. The van der Waals surface area contributed by atoms with Crippen LogP contribution in [0.2, 0.25) is 0 Å². The highest BCUT2D eigenvalue weighted by atomic mass is 32.1. The topological polar surface area (TPSA) is 55.1 Å². The summed E-state index contributed by atoms with van der Waals surface area (Å²) < 4.78 is 13.3. The van der Waals surface area contributed by atoms with E-state index >= 15 is 0 Å². The number of hydrogen-bond donors (Lipinski definition) is 2. The molecule has 2 aromatic rings. The van der Waals surface area contributed by atoms with Gasteiger partial charge in [-0.05, 0) is 36.6 Å². The van der Waals surface area contributed by atoms with E-state index in [1.165, 1.54) is 18.2 Å². The van der Waals surface area contributed by atoms with Crippen LogP contribution >= 0.6 is 11.3 Å². The summed E-state index contributed by atoms with van der Waals surface area (Å²) in [5, 5.41) is 4.84. The zero-order valence-corrected chi connectivity index (χ0v) is 12.3. The second-order valence-electron chi connectivity index (χ2n) is 4.41. The molecule has 108 valence electrons. The van der Waals surface area contributed by atoms with E-state index < -0.39 is 5.82 Å². The van der Waals surface area contributed by atoms with Crippen molar-refractivity contribution >= 4 is 17.2 Å². The second kappa shape index (κ2) is 7.02. The Labute approximate surface area is 127 Å². The molecule has 3 nitrogen and oxygen atoms in total. The summed E-state index contributed by atoms with van der Waals surface area (Å²) in [7, 11) is 0. The van der Waals surface area contributed by atoms with Crippen molar-refractivity contribution in [2.45, 2.75) is 13.0 Å². The molecule has 1 heterocycles. The van der Waals surface area contributed by atoms with Crippen molar-refractivity contribution in [2.24, 2.45) is 5.73 Å². The number of rotatable bonds is 3. The van der Waals surface area contributed by atoms with Gasteiger partial charge in [-0.2, -0.15) is 0 Å². The summed E-state index contributed by atoms with van der Waals surface area (Å²) in [6, 6.07) is 7.70. The Morgan fingerprint density at radius 3 is 2.95 bits per heavy atom. The van der Waals surface area contributed by atoms with E-state index in [1.54, 1.807) is 11.3 Å². The van der Waals surface area contributed by atoms with E-state index in [1.807, 2.05) is 24.4 Å². The number of amides is 1. The molecule has 1 atom stereocenters. The molecule has 1 unspecified atom stereocenters. The lowest BCUT2D eigenvalue weighted by molar-refractivity contribution is 0.0940. The smallest absolute Gasteiger partial charge is 0.253 e. The summed E-state index contributed by atoms with van der Waals surface area (Å²) >= 11 is 1.57. The molecule has 5 heteroatoms. The molecule has 1 aromatic heterocycles. The van der Waals surface area contributed by atoms with Crippen LogP contribution in [-0.4, -0.2) is 12.5 Å². The van der Waals surface area contributed by atoms with Crippen molar-refractivity contribution in [1.29, 1.82) is 0 Å². The monoisotopic (exact) mass is 302 g/mol. The fourth-order valence-electron chi connectivity index (χ4n) is 1.85. The molecule has 3 N–H and O–H groups in total. The zero-order chi connectivity index (χ0) is 15.2. The van der Waals surface area contributed by atoms with E-state index in [9.17, 15) is 9.18 Å². The number of nitrogens with one attached hydrogen (secondary N) is 1. The van der Waals surface area contributed by atoms with Gasteiger partial charge in [0.05, 0.1) is 18.2 Å². The van der Waals surface area contributed by atoms with Gasteiger partial charge in [-0.3, -0.25) is 4.79 Å². The molecule has 0 radical (unpaired) electrons. The largest absolute Gasteiger partial charge is 0.345 e. The molecular weight excluding hydrogens is 287 g/mol. The summed E-state index contributed by atoms with van der Waals surface area (Å²) in [5.74, 6) is 4.66. The van der Waals surface area contributed by atoms with E-state index in [-0.39, 0.29) is 18.5 Å². The van der Waals surface area contributed by atoms with Crippen molar-refractivity contribution in [2.75, 3.05) is 6.54 Å². The van der Waals surface area contributed by atoms with Gasteiger partial charge in [0.1, 0.15) is 5.82 Å². The van der Waals surface area contributed by atoms with Gasteiger partial charge in [-0.1, -0.05) is 17.9 Å². The normalized spacial score (nSPS) is 11.4. The molecular formula is C16H15FN2OS. The van der Waals surface area contributed by atoms with Crippen molar-refractivity contribution in [1.82, 2.24) is 5.32 Å². The van der Waals surface area contributed by atoms with Gasteiger partial charge in [0.2, 0.25) is 0 Å². The Kier molecular flexibility index (Phi) is 5.09. The van der Waals surface area contributed by atoms with Crippen LogP contribution in [0.25, 0.3) is 0 Å².